The average Bonchev–Trinajstić information content (AvgIpc) is 2.23. The minimum absolute atomic E-state index is 0.704. The molecule has 0 atom stereocenters. The number of halogens is 1. The van der Waals surface area contributed by atoms with Gasteiger partial charge in [0, 0.05) is 17.7 Å². The Morgan fingerprint density at radius 1 is 1.29 bits per heavy atom. The largest absolute Gasteiger partial charge is 0.381 e. The molecule has 0 saturated carbocycles. The Morgan fingerprint density at radius 3 is 2.64 bits per heavy atom. The van der Waals surface area contributed by atoms with Gasteiger partial charge in [-0.05, 0) is 42.9 Å². The second-order valence-electron chi connectivity index (χ2n) is 3.90. The molecule has 1 aliphatic rings. The summed E-state index contributed by atoms with van der Waals surface area (Å²) in [5.41, 5.74) is 2.79. The van der Waals surface area contributed by atoms with E-state index in [-0.39, 0.29) is 0 Å². The van der Waals surface area contributed by atoms with Gasteiger partial charge < -0.3 is 4.74 Å². The molecule has 0 N–H and O–H groups in total. The van der Waals surface area contributed by atoms with Gasteiger partial charge in [-0.1, -0.05) is 28.1 Å². The Morgan fingerprint density at radius 2 is 2.00 bits per heavy atom. The van der Waals surface area contributed by atoms with Crippen LogP contribution in [0.25, 0.3) is 0 Å². The maximum Gasteiger partial charge on any atom is 0.0471 e. The van der Waals surface area contributed by atoms with Crippen LogP contribution in [-0.4, -0.2) is 13.2 Å². The average molecular weight is 255 g/mol. The summed E-state index contributed by atoms with van der Waals surface area (Å²) in [5, 5.41) is 0. The van der Waals surface area contributed by atoms with Crippen molar-refractivity contribution < 1.29 is 4.74 Å². The Balaban J connectivity index is 2.18. The minimum Gasteiger partial charge on any atom is -0.381 e. The zero-order valence-corrected chi connectivity index (χ0v) is 10.0. The predicted molar refractivity (Wildman–Crippen MR) is 61.7 cm³/mol. The molecular formula is C12H15BrO. The normalized spacial score (nSPS) is 18.4. The molecular weight excluding hydrogens is 240 g/mol. The van der Waals surface area contributed by atoms with Crippen LogP contribution in [0.1, 0.15) is 29.9 Å². The number of aryl methyl sites for hydroxylation is 1. The first-order chi connectivity index (χ1) is 6.77. The van der Waals surface area contributed by atoms with Crippen molar-refractivity contribution in [2.24, 2.45) is 0 Å². The maximum absolute atomic E-state index is 5.37. The molecule has 0 unspecified atom stereocenters. The summed E-state index contributed by atoms with van der Waals surface area (Å²) in [4.78, 5) is 0. The van der Waals surface area contributed by atoms with Crippen LogP contribution in [0.4, 0.5) is 0 Å². The molecule has 1 nitrogen and oxygen atoms in total. The van der Waals surface area contributed by atoms with Crippen LogP contribution in [-0.2, 0) is 4.74 Å². The lowest BCUT2D eigenvalue weighted by Gasteiger charge is -2.22. The van der Waals surface area contributed by atoms with Gasteiger partial charge in [0.1, 0.15) is 0 Å². The van der Waals surface area contributed by atoms with Gasteiger partial charge >= 0.3 is 0 Å². The first-order valence-corrected chi connectivity index (χ1v) is 5.90. The van der Waals surface area contributed by atoms with Crippen molar-refractivity contribution >= 4 is 15.9 Å². The fourth-order valence-corrected chi connectivity index (χ4v) is 2.20. The van der Waals surface area contributed by atoms with Crippen LogP contribution >= 0.6 is 15.9 Å². The van der Waals surface area contributed by atoms with Crippen molar-refractivity contribution in [1.82, 2.24) is 0 Å². The van der Waals surface area contributed by atoms with E-state index in [2.05, 4.69) is 41.1 Å². The topological polar surface area (TPSA) is 9.23 Å². The lowest BCUT2D eigenvalue weighted by Crippen LogP contribution is -2.14. The first-order valence-electron chi connectivity index (χ1n) is 5.11. The van der Waals surface area contributed by atoms with Gasteiger partial charge in [-0.15, -0.1) is 0 Å². The molecule has 14 heavy (non-hydrogen) atoms. The van der Waals surface area contributed by atoms with Crippen LogP contribution in [0, 0.1) is 6.92 Å². The van der Waals surface area contributed by atoms with Gasteiger partial charge in [-0.25, -0.2) is 0 Å². The highest BCUT2D eigenvalue weighted by Gasteiger charge is 2.15. The standard InChI is InChI=1S/C12H15BrO/c1-9-8-11(2-3-12(9)13)10-4-6-14-7-5-10/h2-3,8,10H,4-7H2,1H3. The number of hydrogen-bond acceptors (Lipinski definition) is 1. The molecule has 1 aliphatic heterocycles. The predicted octanol–water partition coefficient (Wildman–Crippen LogP) is 3.65. The summed E-state index contributed by atoms with van der Waals surface area (Å²) in [6, 6.07) is 6.67. The number of hydrogen-bond donors (Lipinski definition) is 0. The second kappa shape index (κ2) is 4.45. The van der Waals surface area contributed by atoms with E-state index in [0.717, 1.165) is 13.2 Å². The van der Waals surface area contributed by atoms with Crippen LogP contribution in [0.15, 0.2) is 22.7 Å². The Hall–Kier alpha value is -0.340. The highest BCUT2D eigenvalue weighted by molar-refractivity contribution is 9.10. The maximum atomic E-state index is 5.37. The van der Waals surface area contributed by atoms with E-state index in [4.69, 9.17) is 4.74 Å². The van der Waals surface area contributed by atoms with Gasteiger partial charge in [-0.2, -0.15) is 0 Å². The van der Waals surface area contributed by atoms with Crippen molar-refractivity contribution in [1.29, 1.82) is 0 Å². The molecule has 1 aromatic rings. The molecule has 2 heteroatoms. The van der Waals surface area contributed by atoms with Gasteiger partial charge in [0.15, 0.2) is 0 Å². The number of ether oxygens (including phenoxy) is 1. The monoisotopic (exact) mass is 254 g/mol. The van der Waals surface area contributed by atoms with Crippen molar-refractivity contribution in [3.63, 3.8) is 0 Å². The molecule has 1 aromatic carbocycles. The van der Waals surface area contributed by atoms with E-state index < -0.39 is 0 Å². The first kappa shape index (κ1) is 10.2. The fourth-order valence-electron chi connectivity index (χ4n) is 1.95. The summed E-state index contributed by atoms with van der Waals surface area (Å²) in [6.07, 6.45) is 2.34. The summed E-state index contributed by atoms with van der Waals surface area (Å²) in [6.45, 7) is 3.98. The molecule has 76 valence electrons. The minimum atomic E-state index is 0.704. The third-order valence-electron chi connectivity index (χ3n) is 2.87. The smallest absolute Gasteiger partial charge is 0.0471 e. The van der Waals surface area contributed by atoms with Crippen LogP contribution in [0.5, 0.6) is 0 Å². The Kier molecular flexibility index (Phi) is 3.24. The quantitative estimate of drug-likeness (QED) is 0.744. The molecule has 0 radical (unpaired) electrons. The van der Waals surface area contributed by atoms with Crippen LogP contribution in [0.2, 0.25) is 0 Å². The number of benzene rings is 1. The van der Waals surface area contributed by atoms with Crippen LogP contribution < -0.4 is 0 Å². The molecule has 1 heterocycles. The highest BCUT2D eigenvalue weighted by Crippen LogP contribution is 2.29. The van der Waals surface area contributed by atoms with Crippen molar-refractivity contribution in [2.75, 3.05) is 13.2 Å². The molecule has 2 rings (SSSR count). The molecule has 0 spiro atoms. The fraction of sp³-hybridized carbons (Fsp3) is 0.500. The van der Waals surface area contributed by atoms with E-state index in [1.807, 2.05) is 0 Å². The molecule has 0 amide bonds. The van der Waals surface area contributed by atoms with Gasteiger partial charge in [0.05, 0.1) is 0 Å². The summed E-state index contributed by atoms with van der Waals surface area (Å²) >= 11 is 3.53. The van der Waals surface area contributed by atoms with E-state index in [1.54, 1.807) is 0 Å². The van der Waals surface area contributed by atoms with E-state index >= 15 is 0 Å². The molecule has 0 bridgehead atoms. The zero-order chi connectivity index (χ0) is 9.97. The van der Waals surface area contributed by atoms with Crippen molar-refractivity contribution in [3.05, 3.63) is 33.8 Å². The Labute approximate surface area is 93.6 Å². The number of rotatable bonds is 1. The molecule has 1 fully saturated rings. The van der Waals surface area contributed by atoms with Crippen molar-refractivity contribution in [3.8, 4) is 0 Å². The van der Waals surface area contributed by atoms with Crippen molar-refractivity contribution in [2.45, 2.75) is 25.7 Å². The van der Waals surface area contributed by atoms with E-state index in [9.17, 15) is 0 Å². The van der Waals surface area contributed by atoms with Crippen LogP contribution in [0.3, 0.4) is 0 Å². The summed E-state index contributed by atoms with van der Waals surface area (Å²) < 4.78 is 6.57. The second-order valence-corrected chi connectivity index (χ2v) is 4.75. The van der Waals surface area contributed by atoms with E-state index in [1.165, 1.54) is 28.4 Å². The van der Waals surface area contributed by atoms with Gasteiger partial charge in [-0.3, -0.25) is 0 Å². The molecule has 0 aromatic heterocycles. The zero-order valence-electron chi connectivity index (χ0n) is 8.42. The van der Waals surface area contributed by atoms with E-state index in [0.29, 0.717) is 5.92 Å². The Bertz CT molecular complexity index is 316. The third-order valence-corrected chi connectivity index (χ3v) is 3.76. The van der Waals surface area contributed by atoms with Gasteiger partial charge in [0.2, 0.25) is 0 Å². The third kappa shape index (κ3) is 2.18. The SMILES string of the molecule is Cc1cc(C2CCOCC2)ccc1Br. The summed E-state index contributed by atoms with van der Waals surface area (Å²) in [5.74, 6) is 0.704. The highest BCUT2D eigenvalue weighted by atomic mass is 79.9. The summed E-state index contributed by atoms with van der Waals surface area (Å²) in [7, 11) is 0. The molecule has 0 aliphatic carbocycles. The van der Waals surface area contributed by atoms with Gasteiger partial charge in [0.25, 0.3) is 0 Å². The lowest BCUT2D eigenvalue weighted by atomic mass is 9.91. The molecule has 1 saturated heterocycles. The lowest BCUT2D eigenvalue weighted by molar-refractivity contribution is 0.0853.